The molecule has 0 aromatic heterocycles. The lowest BCUT2D eigenvalue weighted by atomic mass is 10.6. The molecule has 0 aliphatic heterocycles. The third-order valence-corrected chi connectivity index (χ3v) is 8.24. The van der Waals surface area contributed by atoms with Gasteiger partial charge in [-0.1, -0.05) is 6.92 Å². The molecule has 0 saturated heterocycles. The second-order valence-electron chi connectivity index (χ2n) is 3.54. The molecule has 0 N–H and O–H groups in total. The first-order valence-electron chi connectivity index (χ1n) is 6.06. The Bertz CT molecular complexity index is 244. The highest BCUT2D eigenvalue weighted by Crippen LogP contribution is 2.63. The van der Waals surface area contributed by atoms with Crippen molar-refractivity contribution < 1.29 is 22.7 Å². The van der Waals surface area contributed by atoms with Crippen LogP contribution in [0, 0.1) is 0 Å². The van der Waals surface area contributed by atoms with E-state index >= 15 is 0 Å². The highest BCUT2D eigenvalue weighted by atomic mass is 31.2. The zero-order valence-electron chi connectivity index (χ0n) is 11.2. The summed E-state index contributed by atoms with van der Waals surface area (Å²) < 4.78 is 40.3. The van der Waals surface area contributed by atoms with Crippen molar-refractivity contribution >= 4 is 15.0 Å². The predicted octanol–water partition coefficient (Wildman–Crippen LogP) is 3.93. The van der Waals surface area contributed by atoms with Crippen molar-refractivity contribution in [1.29, 1.82) is 0 Å². The molecule has 17 heavy (non-hydrogen) atoms. The standard InChI is InChI=1S/C10H24O5P2/c1-5-9-16(11,13-6-2)10-17(12,14-7-3)15-8-4/h5-10H2,1-4H3. The minimum atomic E-state index is -3.29. The van der Waals surface area contributed by atoms with E-state index in [1.54, 1.807) is 20.8 Å². The lowest BCUT2D eigenvalue weighted by Crippen LogP contribution is -2.05. The van der Waals surface area contributed by atoms with Gasteiger partial charge in [0.05, 0.1) is 19.8 Å². The molecule has 0 rings (SSSR count). The Labute approximate surface area is 104 Å². The monoisotopic (exact) mass is 286 g/mol. The van der Waals surface area contributed by atoms with Crippen LogP contribution in [0.3, 0.4) is 0 Å². The molecule has 0 fully saturated rings. The normalized spacial score (nSPS) is 15.8. The molecule has 0 aliphatic carbocycles. The Balaban J connectivity index is 4.79. The van der Waals surface area contributed by atoms with Gasteiger partial charge < -0.3 is 13.6 Å². The minimum Gasteiger partial charge on any atom is -0.328 e. The van der Waals surface area contributed by atoms with Crippen LogP contribution in [0.4, 0.5) is 0 Å². The van der Waals surface area contributed by atoms with E-state index < -0.39 is 15.0 Å². The third kappa shape index (κ3) is 6.73. The maximum absolute atomic E-state index is 12.4. The van der Waals surface area contributed by atoms with Gasteiger partial charge in [-0.25, -0.2) is 0 Å². The fourth-order valence-electron chi connectivity index (χ4n) is 1.53. The summed E-state index contributed by atoms with van der Waals surface area (Å²) in [6.07, 6.45) is 1.13. The van der Waals surface area contributed by atoms with Crippen LogP contribution in [0.1, 0.15) is 34.1 Å². The van der Waals surface area contributed by atoms with Gasteiger partial charge in [-0.05, 0) is 27.2 Å². The fourth-order valence-corrected chi connectivity index (χ4v) is 7.33. The van der Waals surface area contributed by atoms with Crippen molar-refractivity contribution in [3.05, 3.63) is 0 Å². The first-order valence-corrected chi connectivity index (χ1v) is 9.78. The van der Waals surface area contributed by atoms with Gasteiger partial charge in [0.25, 0.3) is 0 Å². The highest BCUT2D eigenvalue weighted by molar-refractivity contribution is 7.73. The van der Waals surface area contributed by atoms with Crippen molar-refractivity contribution in [3.8, 4) is 0 Å². The van der Waals surface area contributed by atoms with E-state index in [1.165, 1.54) is 0 Å². The van der Waals surface area contributed by atoms with Crippen LogP contribution in [0.15, 0.2) is 0 Å². The molecule has 0 amide bonds. The molecular weight excluding hydrogens is 262 g/mol. The van der Waals surface area contributed by atoms with Gasteiger partial charge in [0.15, 0.2) is 0 Å². The maximum Gasteiger partial charge on any atom is 0.340 e. The Morgan fingerprint density at radius 1 is 0.824 bits per heavy atom. The van der Waals surface area contributed by atoms with Gasteiger partial charge in [-0.3, -0.25) is 9.13 Å². The predicted molar refractivity (Wildman–Crippen MR) is 70.1 cm³/mol. The molecule has 1 unspecified atom stereocenters. The van der Waals surface area contributed by atoms with Crippen LogP contribution < -0.4 is 0 Å². The molecule has 0 spiro atoms. The van der Waals surface area contributed by atoms with Crippen LogP contribution in [0.5, 0.6) is 0 Å². The molecule has 0 aromatic rings. The zero-order valence-corrected chi connectivity index (χ0v) is 13.0. The molecule has 0 bridgehead atoms. The second-order valence-corrected chi connectivity index (χ2v) is 8.75. The van der Waals surface area contributed by atoms with Crippen LogP contribution in [-0.4, -0.2) is 31.9 Å². The summed E-state index contributed by atoms with van der Waals surface area (Å²) in [5.74, 6) is -0.122. The molecule has 104 valence electrons. The van der Waals surface area contributed by atoms with Crippen molar-refractivity contribution in [3.63, 3.8) is 0 Å². The van der Waals surface area contributed by atoms with Crippen LogP contribution in [-0.2, 0) is 22.7 Å². The van der Waals surface area contributed by atoms with E-state index in [-0.39, 0.29) is 19.1 Å². The van der Waals surface area contributed by atoms with Gasteiger partial charge in [0, 0.05) is 6.16 Å². The van der Waals surface area contributed by atoms with Gasteiger partial charge >= 0.3 is 7.60 Å². The van der Waals surface area contributed by atoms with E-state index in [0.717, 1.165) is 6.42 Å². The van der Waals surface area contributed by atoms with E-state index in [1.807, 2.05) is 6.92 Å². The number of rotatable bonds is 10. The fraction of sp³-hybridized carbons (Fsp3) is 1.00. The van der Waals surface area contributed by atoms with Crippen LogP contribution in [0.2, 0.25) is 0 Å². The summed E-state index contributed by atoms with van der Waals surface area (Å²) >= 11 is 0. The molecule has 0 saturated carbocycles. The zero-order chi connectivity index (χ0) is 13.4. The van der Waals surface area contributed by atoms with Crippen LogP contribution in [0.25, 0.3) is 0 Å². The quantitative estimate of drug-likeness (QED) is 0.569. The largest absolute Gasteiger partial charge is 0.340 e. The molecule has 1 atom stereocenters. The lowest BCUT2D eigenvalue weighted by molar-refractivity contribution is 0.222. The summed E-state index contributed by atoms with van der Waals surface area (Å²) in [6.45, 7) is 8.04. The van der Waals surface area contributed by atoms with E-state index in [0.29, 0.717) is 12.8 Å². The Kier molecular flexibility index (Phi) is 8.61. The topological polar surface area (TPSA) is 61.8 Å². The van der Waals surface area contributed by atoms with Crippen LogP contribution >= 0.6 is 15.0 Å². The summed E-state index contributed by atoms with van der Waals surface area (Å²) in [5.41, 5.74) is 0. The van der Waals surface area contributed by atoms with Crippen molar-refractivity contribution in [2.75, 3.05) is 31.9 Å². The van der Waals surface area contributed by atoms with E-state index in [9.17, 15) is 9.13 Å². The first-order chi connectivity index (χ1) is 7.95. The summed E-state index contributed by atoms with van der Waals surface area (Å²) in [5, 5.41) is 0. The molecule has 0 aliphatic rings. The smallest absolute Gasteiger partial charge is 0.328 e. The highest BCUT2D eigenvalue weighted by Gasteiger charge is 2.36. The average Bonchev–Trinajstić information content (AvgIpc) is 2.17. The first kappa shape index (κ1) is 17.3. The lowest BCUT2D eigenvalue weighted by Gasteiger charge is -2.23. The summed E-state index contributed by atoms with van der Waals surface area (Å²) in [7, 11) is -6.20. The summed E-state index contributed by atoms with van der Waals surface area (Å²) in [6, 6.07) is 0. The molecule has 7 heteroatoms. The molecule has 0 aromatic carbocycles. The third-order valence-electron chi connectivity index (χ3n) is 1.97. The van der Waals surface area contributed by atoms with E-state index in [2.05, 4.69) is 0 Å². The van der Waals surface area contributed by atoms with Crippen molar-refractivity contribution in [2.45, 2.75) is 34.1 Å². The van der Waals surface area contributed by atoms with Gasteiger partial charge in [-0.15, -0.1) is 0 Å². The molecular formula is C10H24O5P2. The van der Waals surface area contributed by atoms with Gasteiger partial charge in [0.2, 0.25) is 7.37 Å². The number of hydrogen-bond donors (Lipinski definition) is 0. The van der Waals surface area contributed by atoms with Crippen molar-refractivity contribution in [1.82, 2.24) is 0 Å². The Morgan fingerprint density at radius 3 is 1.65 bits per heavy atom. The second kappa shape index (κ2) is 8.44. The van der Waals surface area contributed by atoms with Gasteiger partial charge in [0.1, 0.15) is 5.90 Å². The maximum atomic E-state index is 12.4. The SMILES string of the molecule is CCCP(=O)(CP(=O)(OCC)OCC)OCC. The minimum absolute atomic E-state index is 0.122. The van der Waals surface area contributed by atoms with E-state index in [4.69, 9.17) is 13.6 Å². The molecule has 0 heterocycles. The average molecular weight is 286 g/mol. The van der Waals surface area contributed by atoms with Gasteiger partial charge in [-0.2, -0.15) is 0 Å². The molecule has 5 nitrogen and oxygen atoms in total. The van der Waals surface area contributed by atoms with Crippen molar-refractivity contribution in [2.24, 2.45) is 0 Å². The Morgan fingerprint density at radius 2 is 1.29 bits per heavy atom. The molecule has 0 radical (unpaired) electrons. The number of hydrogen-bond acceptors (Lipinski definition) is 5. The summed E-state index contributed by atoms with van der Waals surface area (Å²) in [4.78, 5) is 0. The Hall–Kier alpha value is 0.340.